The van der Waals surface area contributed by atoms with E-state index in [0.717, 1.165) is 0 Å². The number of cyclic esters (lactones) is 5. The third-order valence-electron chi connectivity index (χ3n) is 6.00. The normalized spacial score (nSPS) is 20.2. The molecule has 3 N–H and O–H groups in total. The fourth-order valence-corrected chi connectivity index (χ4v) is 3.77. The molecular weight excluding hydrogens is 620 g/mol. The van der Waals surface area contributed by atoms with Gasteiger partial charge in [0.2, 0.25) is 0 Å². The van der Waals surface area contributed by atoms with Crippen LogP contribution in [0.25, 0.3) is 0 Å². The highest BCUT2D eigenvalue weighted by Crippen LogP contribution is 2.13. The van der Waals surface area contributed by atoms with Crippen LogP contribution in [0.1, 0.15) is 12.8 Å². The van der Waals surface area contributed by atoms with Gasteiger partial charge in [0.25, 0.3) is 0 Å². The molecule has 3 aliphatic heterocycles. The summed E-state index contributed by atoms with van der Waals surface area (Å²) < 4.78 is 39.2. The lowest BCUT2D eigenvalue weighted by Gasteiger charge is -2.16. The van der Waals surface area contributed by atoms with E-state index in [1.54, 1.807) is 0 Å². The van der Waals surface area contributed by atoms with E-state index in [4.69, 9.17) is 28.4 Å². The molecule has 4 heterocycles. The van der Waals surface area contributed by atoms with E-state index in [2.05, 4.69) is 25.4 Å². The van der Waals surface area contributed by atoms with Gasteiger partial charge in [-0.2, -0.15) is 0 Å². The number of hydrogen-bond donors (Lipinski definition) is 3. The summed E-state index contributed by atoms with van der Waals surface area (Å²) >= 11 is 0. The zero-order valence-electron chi connectivity index (χ0n) is 23.1. The number of carbonyl (C=O) groups is 6. The van der Waals surface area contributed by atoms with Crippen molar-refractivity contribution in [1.29, 1.82) is 0 Å². The van der Waals surface area contributed by atoms with Gasteiger partial charge in [0.05, 0.1) is 0 Å². The molecule has 3 fully saturated rings. The Bertz CT molecular complexity index is 1310. The molecule has 3 aliphatic rings. The Morgan fingerprint density at radius 3 is 1.29 bits per heavy atom. The fraction of sp³-hybridized carbons (Fsp3) is 0.591. The topological polar surface area (TPSA) is 278 Å². The number of carbonyl (C=O) groups excluding carboxylic acids is 6. The Hall–Kier alpha value is -5.77. The zero-order chi connectivity index (χ0) is 32.5. The molecule has 246 valence electrons. The van der Waals surface area contributed by atoms with E-state index in [1.807, 2.05) is 0 Å². The molecule has 23 heteroatoms. The monoisotopic (exact) mass is 646 g/mol. The van der Waals surface area contributed by atoms with Crippen LogP contribution in [0.4, 0.5) is 24.0 Å². The minimum absolute atomic E-state index is 0.153. The Labute approximate surface area is 249 Å². The largest absolute Gasteiger partial charge is 0.508 e. The zero-order valence-corrected chi connectivity index (χ0v) is 23.1. The third kappa shape index (κ3) is 8.87. The van der Waals surface area contributed by atoms with Gasteiger partial charge in [-0.15, -0.1) is 0 Å². The number of ether oxygens (including phenoxy) is 8. The molecule has 3 saturated heterocycles. The molecule has 3 amide bonds. The highest BCUT2D eigenvalue weighted by atomic mass is 16.8. The van der Waals surface area contributed by atoms with Gasteiger partial charge in [-0.05, 0) is 6.42 Å². The number of rotatable bonds is 12. The molecule has 0 spiro atoms. The van der Waals surface area contributed by atoms with Crippen LogP contribution in [0.2, 0.25) is 0 Å². The molecule has 1 aromatic rings. The smallest absolute Gasteiger partial charge is 0.459 e. The van der Waals surface area contributed by atoms with Crippen molar-refractivity contribution >= 4 is 36.6 Å². The standard InChI is InChI=1S/C22H26N6O17/c29-14-2-1-11(43-14)3-38-15(30)23-8-26-18(33)27(9-24-16(31)39-4-12-6-41-21(36)44-12)20(35)28(19(26)34)10-25-17(32)40-5-13-7-42-22(37)45-13/h11-13H,1-10H2,(H,23,30)(H,24,31)(H,25,32). The first kappa shape index (κ1) is 32.2. The predicted octanol–water partition coefficient (Wildman–Crippen LogP) is -3.00. The average Bonchev–Trinajstić information content (AvgIpc) is 3.74. The van der Waals surface area contributed by atoms with Crippen LogP contribution < -0.4 is 33.0 Å². The van der Waals surface area contributed by atoms with Crippen molar-refractivity contribution in [1.82, 2.24) is 29.7 Å². The highest BCUT2D eigenvalue weighted by molar-refractivity contribution is 5.71. The van der Waals surface area contributed by atoms with Gasteiger partial charge in [0, 0.05) is 6.42 Å². The van der Waals surface area contributed by atoms with Crippen molar-refractivity contribution in [3.8, 4) is 0 Å². The van der Waals surface area contributed by atoms with Crippen LogP contribution in [0.5, 0.6) is 0 Å². The van der Waals surface area contributed by atoms with Gasteiger partial charge in [-0.25, -0.2) is 52.1 Å². The van der Waals surface area contributed by atoms with Gasteiger partial charge in [-0.1, -0.05) is 0 Å². The van der Waals surface area contributed by atoms with Gasteiger partial charge < -0.3 is 53.8 Å². The second kappa shape index (κ2) is 14.6. The Morgan fingerprint density at radius 1 is 0.600 bits per heavy atom. The second-order valence-electron chi connectivity index (χ2n) is 9.18. The number of nitrogens with zero attached hydrogens (tertiary/aromatic N) is 3. The van der Waals surface area contributed by atoms with E-state index in [0.29, 0.717) is 20.1 Å². The molecule has 0 aliphatic carbocycles. The minimum atomic E-state index is -1.30. The summed E-state index contributed by atoms with van der Waals surface area (Å²) in [4.78, 5) is 109. The molecule has 0 aromatic carbocycles. The first-order chi connectivity index (χ1) is 21.5. The van der Waals surface area contributed by atoms with Crippen LogP contribution in [0, 0.1) is 0 Å². The summed E-state index contributed by atoms with van der Waals surface area (Å²) in [6.45, 7) is -4.02. The van der Waals surface area contributed by atoms with E-state index < -0.39 is 105 Å². The van der Waals surface area contributed by atoms with Crippen LogP contribution in [0.15, 0.2) is 14.4 Å². The molecule has 0 bridgehead atoms. The lowest BCUT2D eigenvalue weighted by molar-refractivity contribution is -0.142. The SMILES string of the molecule is O=C1CCC(COC(=O)NCn2c(=O)n(CNC(=O)OCC3COC(=O)O3)c(=O)n(CNC(=O)OCC3COC(=O)O3)c2=O)O1. The first-order valence-corrected chi connectivity index (χ1v) is 13.0. The number of alkyl carbamates (subject to hydrolysis) is 3. The van der Waals surface area contributed by atoms with E-state index in [-0.39, 0.29) is 26.2 Å². The Kier molecular flexibility index (Phi) is 10.4. The van der Waals surface area contributed by atoms with Crippen molar-refractivity contribution in [3.05, 3.63) is 31.5 Å². The average molecular weight is 646 g/mol. The van der Waals surface area contributed by atoms with Crippen molar-refractivity contribution in [3.63, 3.8) is 0 Å². The summed E-state index contributed by atoms with van der Waals surface area (Å²) in [5.41, 5.74) is -3.89. The van der Waals surface area contributed by atoms with Crippen molar-refractivity contribution < 1.29 is 66.7 Å². The number of esters is 1. The van der Waals surface area contributed by atoms with Crippen molar-refractivity contribution in [2.75, 3.05) is 33.0 Å². The maximum Gasteiger partial charge on any atom is 0.508 e. The quantitative estimate of drug-likeness (QED) is 0.151. The number of hydrogen-bond acceptors (Lipinski definition) is 17. The predicted molar refractivity (Wildman–Crippen MR) is 134 cm³/mol. The van der Waals surface area contributed by atoms with Crippen LogP contribution >= 0.6 is 0 Å². The van der Waals surface area contributed by atoms with Gasteiger partial charge >= 0.3 is 53.6 Å². The minimum Gasteiger partial charge on any atom is -0.459 e. The summed E-state index contributed by atoms with van der Waals surface area (Å²) in [6, 6.07) is 0. The van der Waals surface area contributed by atoms with E-state index >= 15 is 0 Å². The number of nitrogens with one attached hydrogen (secondary N) is 3. The van der Waals surface area contributed by atoms with Crippen LogP contribution in [-0.2, 0) is 62.7 Å². The van der Waals surface area contributed by atoms with Gasteiger partial charge in [-0.3, -0.25) is 4.79 Å². The summed E-state index contributed by atoms with van der Waals surface area (Å²) in [5.74, 6) is -0.458. The molecule has 3 atom stereocenters. The lowest BCUT2D eigenvalue weighted by atomic mass is 10.2. The van der Waals surface area contributed by atoms with Crippen molar-refractivity contribution in [2.45, 2.75) is 51.2 Å². The Morgan fingerprint density at radius 2 is 0.978 bits per heavy atom. The third-order valence-corrected chi connectivity index (χ3v) is 6.00. The fourth-order valence-electron chi connectivity index (χ4n) is 3.77. The second-order valence-corrected chi connectivity index (χ2v) is 9.18. The molecule has 1 aromatic heterocycles. The summed E-state index contributed by atoms with van der Waals surface area (Å²) in [7, 11) is 0. The molecule has 0 radical (unpaired) electrons. The van der Waals surface area contributed by atoms with E-state index in [9.17, 15) is 43.2 Å². The molecular formula is C22H26N6O17. The molecule has 23 nitrogen and oxygen atoms in total. The number of amides is 3. The van der Waals surface area contributed by atoms with E-state index in [1.165, 1.54) is 0 Å². The first-order valence-electron chi connectivity index (χ1n) is 13.0. The molecule has 0 saturated carbocycles. The molecule has 45 heavy (non-hydrogen) atoms. The maximum absolute atomic E-state index is 13.0. The lowest BCUT2D eigenvalue weighted by Crippen LogP contribution is -2.58. The van der Waals surface area contributed by atoms with Crippen molar-refractivity contribution in [2.24, 2.45) is 0 Å². The summed E-state index contributed by atoms with van der Waals surface area (Å²) in [6.07, 6.45) is -7.26. The summed E-state index contributed by atoms with van der Waals surface area (Å²) in [5, 5.41) is 6.34. The van der Waals surface area contributed by atoms with Crippen LogP contribution in [0.3, 0.4) is 0 Å². The van der Waals surface area contributed by atoms with Crippen LogP contribution in [-0.4, -0.2) is 102 Å². The Balaban J connectivity index is 1.42. The maximum atomic E-state index is 13.0. The van der Waals surface area contributed by atoms with Gasteiger partial charge in [0.15, 0.2) is 12.2 Å². The molecule has 3 unspecified atom stereocenters. The number of aromatic nitrogens is 3. The highest BCUT2D eigenvalue weighted by Gasteiger charge is 2.28. The molecule has 4 rings (SSSR count). The van der Waals surface area contributed by atoms with Gasteiger partial charge in [0.1, 0.15) is 59.1 Å².